The molecule has 4 nitrogen and oxygen atoms in total. The van der Waals surface area contributed by atoms with E-state index in [1.807, 2.05) is 13.0 Å². The molecule has 0 saturated heterocycles. The van der Waals surface area contributed by atoms with Crippen molar-refractivity contribution in [1.82, 2.24) is 4.98 Å². The van der Waals surface area contributed by atoms with Crippen molar-refractivity contribution in [3.8, 4) is 0 Å². The fraction of sp³-hybridized carbons (Fsp3) is 0.385. The van der Waals surface area contributed by atoms with Gasteiger partial charge in [0, 0.05) is 12.5 Å². The molecule has 0 radical (unpaired) electrons. The number of anilines is 1. The number of nitrogens with zero attached hydrogens (tertiary/aromatic N) is 1. The molecule has 0 aliphatic heterocycles. The molecule has 1 aromatic heterocycles. The Kier molecular flexibility index (Phi) is 4.74. The zero-order valence-corrected chi connectivity index (χ0v) is 12.2. The lowest BCUT2D eigenvalue weighted by atomic mass is 10.1. The van der Waals surface area contributed by atoms with Crippen LogP contribution in [0.3, 0.4) is 0 Å². The third kappa shape index (κ3) is 3.43. The van der Waals surface area contributed by atoms with Crippen LogP contribution < -0.4 is 11.1 Å². The smallest absolute Gasteiger partial charge is 0.226 e. The quantitative estimate of drug-likeness (QED) is 0.888. The number of carbonyl (C=O) groups excluding carboxylic acids is 1. The van der Waals surface area contributed by atoms with Crippen LogP contribution in [0.5, 0.6) is 0 Å². The first-order valence-corrected chi connectivity index (χ1v) is 7.44. The Morgan fingerprint density at radius 2 is 2.37 bits per heavy atom. The summed E-state index contributed by atoms with van der Waals surface area (Å²) in [5.74, 6) is -0.122. The minimum atomic E-state index is -0.122. The standard InChI is InChI=1S/C13H16ClN3OS/c1-2-3-8(15)6-11(18)17-12-9(14)4-5-10-13(12)16-7-19-10/h4-5,7-8H,2-3,6,15H2,1H3,(H,17,18). The summed E-state index contributed by atoms with van der Waals surface area (Å²) in [5, 5.41) is 3.32. The Hall–Kier alpha value is -1.17. The number of nitrogens with one attached hydrogen (secondary N) is 1. The van der Waals surface area contributed by atoms with Gasteiger partial charge in [-0.2, -0.15) is 0 Å². The number of benzene rings is 1. The molecule has 1 aromatic carbocycles. The van der Waals surface area contributed by atoms with E-state index in [-0.39, 0.29) is 11.9 Å². The lowest BCUT2D eigenvalue weighted by Gasteiger charge is -2.11. The van der Waals surface area contributed by atoms with E-state index in [1.54, 1.807) is 11.6 Å². The van der Waals surface area contributed by atoms with E-state index >= 15 is 0 Å². The van der Waals surface area contributed by atoms with Crippen molar-refractivity contribution in [3.05, 3.63) is 22.7 Å². The summed E-state index contributed by atoms with van der Waals surface area (Å²) in [5.41, 5.74) is 8.91. The van der Waals surface area contributed by atoms with Crippen LogP contribution in [0.1, 0.15) is 26.2 Å². The van der Waals surface area contributed by atoms with E-state index in [0.29, 0.717) is 17.1 Å². The summed E-state index contributed by atoms with van der Waals surface area (Å²) in [4.78, 5) is 16.2. The molecule has 1 amide bonds. The summed E-state index contributed by atoms with van der Waals surface area (Å²) in [7, 11) is 0. The van der Waals surface area contributed by atoms with Crippen LogP contribution in [-0.2, 0) is 4.79 Å². The third-order valence-corrected chi connectivity index (χ3v) is 3.93. The summed E-state index contributed by atoms with van der Waals surface area (Å²) >= 11 is 7.63. The number of halogens is 1. The predicted molar refractivity (Wildman–Crippen MR) is 80.8 cm³/mol. The Balaban J connectivity index is 2.14. The Labute approximate surface area is 121 Å². The van der Waals surface area contributed by atoms with Crippen LogP contribution in [0, 0.1) is 0 Å². The number of fused-ring (bicyclic) bond motifs is 1. The number of nitrogens with two attached hydrogens (primary N) is 1. The molecule has 0 saturated carbocycles. The number of aromatic nitrogens is 1. The van der Waals surface area contributed by atoms with Gasteiger partial charge >= 0.3 is 0 Å². The number of amides is 1. The molecule has 0 spiro atoms. The fourth-order valence-electron chi connectivity index (χ4n) is 1.93. The zero-order chi connectivity index (χ0) is 13.8. The summed E-state index contributed by atoms with van der Waals surface area (Å²) in [6.45, 7) is 2.05. The number of thiazole rings is 1. The second-order valence-electron chi connectivity index (χ2n) is 4.42. The van der Waals surface area contributed by atoms with Gasteiger partial charge in [-0.05, 0) is 18.6 Å². The number of hydrogen-bond acceptors (Lipinski definition) is 4. The molecule has 19 heavy (non-hydrogen) atoms. The van der Waals surface area contributed by atoms with Crippen LogP contribution in [0.4, 0.5) is 5.69 Å². The van der Waals surface area contributed by atoms with E-state index < -0.39 is 0 Å². The van der Waals surface area contributed by atoms with Crippen LogP contribution in [0.2, 0.25) is 5.02 Å². The van der Waals surface area contributed by atoms with Crippen LogP contribution in [-0.4, -0.2) is 16.9 Å². The van der Waals surface area contributed by atoms with E-state index in [9.17, 15) is 4.79 Å². The second-order valence-corrected chi connectivity index (χ2v) is 5.72. The molecular formula is C13H16ClN3OS. The monoisotopic (exact) mass is 297 g/mol. The fourth-order valence-corrected chi connectivity index (χ4v) is 2.81. The van der Waals surface area contributed by atoms with Gasteiger partial charge in [-0.1, -0.05) is 24.9 Å². The van der Waals surface area contributed by atoms with Crippen LogP contribution in [0.15, 0.2) is 17.6 Å². The highest BCUT2D eigenvalue weighted by molar-refractivity contribution is 7.16. The topological polar surface area (TPSA) is 68.0 Å². The summed E-state index contributed by atoms with van der Waals surface area (Å²) in [6.07, 6.45) is 2.10. The second kappa shape index (κ2) is 6.32. The zero-order valence-electron chi connectivity index (χ0n) is 10.6. The molecule has 6 heteroatoms. The predicted octanol–water partition coefficient (Wildman–Crippen LogP) is 3.41. The largest absolute Gasteiger partial charge is 0.327 e. The highest BCUT2D eigenvalue weighted by atomic mass is 35.5. The Morgan fingerprint density at radius 3 is 3.11 bits per heavy atom. The SMILES string of the molecule is CCCC(N)CC(=O)Nc1c(Cl)ccc2scnc12. The molecule has 3 N–H and O–H groups in total. The van der Waals surface area contributed by atoms with Gasteiger partial charge in [-0.25, -0.2) is 4.98 Å². The summed E-state index contributed by atoms with van der Waals surface area (Å²) < 4.78 is 0.998. The highest BCUT2D eigenvalue weighted by Gasteiger charge is 2.14. The molecule has 2 rings (SSSR count). The Morgan fingerprint density at radius 1 is 1.58 bits per heavy atom. The van der Waals surface area contributed by atoms with E-state index in [2.05, 4.69) is 10.3 Å². The van der Waals surface area contributed by atoms with Crippen molar-refractivity contribution in [3.63, 3.8) is 0 Å². The van der Waals surface area contributed by atoms with Crippen LogP contribution in [0.25, 0.3) is 10.2 Å². The minimum Gasteiger partial charge on any atom is -0.327 e. The molecule has 2 aromatic rings. The number of hydrogen-bond donors (Lipinski definition) is 2. The molecule has 1 atom stereocenters. The highest BCUT2D eigenvalue weighted by Crippen LogP contribution is 2.32. The number of rotatable bonds is 5. The van der Waals surface area contributed by atoms with Gasteiger partial charge < -0.3 is 11.1 Å². The summed E-state index contributed by atoms with van der Waals surface area (Å²) in [6, 6.07) is 3.55. The maximum atomic E-state index is 11.9. The van der Waals surface area contributed by atoms with Crippen molar-refractivity contribution < 1.29 is 4.79 Å². The van der Waals surface area contributed by atoms with E-state index in [1.165, 1.54) is 11.3 Å². The molecular weight excluding hydrogens is 282 g/mol. The van der Waals surface area contributed by atoms with Crippen LogP contribution >= 0.6 is 22.9 Å². The molecule has 0 bridgehead atoms. The molecule has 0 aliphatic carbocycles. The molecule has 1 unspecified atom stereocenters. The van der Waals surface area contributed by atoms with Gasteiger partial charge in [0.2, 0.25) is 5.91 Å². The van der Waals surface area contributed by atoms with Gasteiger partial charge in [-0.15, -0.1) is 11.3 Å². The molecule has 1 heterocycles. The maximum absolute atomic E-state index is 11.9. The Bertz CT molecular complexity index is 584. The first-order chi connectivity index (χ1) is 9.11. The lowest BCUT2D eigenvalue weighted by molar-refractivity contribution is -0.116. The molecule has 0 aliphatic rings. The average Bonchev–Trinajstić information content (AvgIpc) is 2.81. The van der Waals surface area contributed by atoms with Crippen molar-refractivity contribution in [2.45, 2.75) is 32.2 Å². The maximum Gasteiger partial charge on any atom is 0.226 e. The van der Waals surface area contributed by atoms with Crippen molar-refractivity contribution >= 4 is 44.7 Å². The normalized spacial score (nSPS) is 12.6. The van der Waals surface area contributed by atoms with Gasteiger partial charge in [0.15, 0.2) is 0 Å². The van der Waals surface area contributed by atoms with E-state index in [4.69, 9.17) is 17.3 Å². The van der Waals surface area contributed by atoms with E-state index in [0.717, 1.165) is 23.1 Å². The first kappa shape index (κ1) is 14.2. The van der Waals surface area contributed by atoms with Gasteiger partial charge in [0.1, 0.15) is 5.52 Å². The van der Waals surface area contributed by atoms with Gasteiger partial charge in [0.25, 0.3) is 0 Å². The van der Waals surface area contributed by atoms with Crippen molar-refractivity contribution in [1.29, 1.82) is 0 Å². The van der Waals surface area contributed by atoms with Gasteiger partial charge in [0.05, 0.1) is 20.9 Å². The third-order valence-electron chi connectivity index (χ3n) is 2.82. The lowest BCUT2D eigenvalue weighted by Crippen LogP contribution is -2.27. The molecule has 0 fully saturated rings. The van der Waals surface area contributed by atoms with Crippen molar-refractivity contribution in [2.75, 3.05) is 5.32 Å². The first-order valence-electron chi connectivity index (χ1n) is 6.19. The minimum absolute atomic E-state index is 0.113. The molecule has 102 valence electrons. The average molecular weight is 298 g/mol. The van der Waals surface area contributed by atoms with Crippen molar-refractivity contribution in [2.24, 2.45) is 5.73 Å². The number of carbonyl (C=O) groups is 1. The van der Waals surface area contributed by atoms with Gasteiger partial charge in [-0.3, -0.25) is 4.79 Å².